The van der Waals surface area contributed by atoms with Crippen LogP contribution in [0.2, 0.25) is 0 Å². The molecule has 0 radical (unpaired) electrons. The molecule has 1 aromatic carbocycles. The fourth-order valence-electron chi connectivity index (χ4n) is 3.00. The normalized spacial score (nSPS) is 25.6. The van der Waals surface area contributed by atoms with Gasteiger partial charge in [-0.25, -0.2) is 0 Å². The van der Waals surface area contributed by atoms with Gasteiger partial charge in [-0.3, -0.25) is 9.69 Å². The summed E-state index contributed by atoms with van der Waals surface area (Å²) in [6.07, 6.45) is 2.58. The number of halogens is 1. The number of fused-ring (bicyclic) bond motifs is 1. The standard InChI is InChI=1S/C15H19BrN2O2S/c16-14-4-3-12(21)6-13(14)15(19)17-7-11-8-18-5-1-2-10(18)9-20-11/h3-4,6,10-11,21H,1-2,5,7-9H2,(H,17,19). The molecule has 21 heavy (non-hydrogen) atoms. The van der Waals surface area contributed by atoms with Crippen LogP contribution in [0.25, 0.3) is 0 Å². The first-order chi connectivity index (χ1) is 10.1. The Labute approximate surface area is 138 Å². The number of benzene rings is 1. The fraction of sp³-hybridized carbons (Fsp3) is 0.533. The first kappa shape index (κ1) is 15.3. The third kappa shape index (κ3) is 3.62. The van der Waals surface area contributed by atoms with Crippen LogP contribution >= 0.6 is 28.6 Å². The molecule has 2 atom stereocenters. The average Bonchev–Trinajstić information content (AvgIpc) is 2.94. The van der Waals surface area contributed by atoms with Crippen LogP contribution in [0.4, 0.5) is 0 Å². The third-order valence-electron chi connectivity index (χ3n) is 4.15. The van der Waals surface area contributed by atoms with Crippen LogP contribution in [-0.4, -0.2) is 49.2 Å². The van der Waals surface area contributed by atoms with E-state index in [1.807, 2.05) is 12.1 Å². The first-order valence-corrected chi connectivity index (χ1v) is 8.50. The lowest BCUT2D eigenvalue weighted by molar-refractivity contribution is -0.0461. The second kappa shape index (κ2) is 6.69. The highest BCUT2D eigenvalue weighted by Gasteiger charge is 2.32. The van der Waals surface area contributed by atoms with Gasteiger partial charge < -0.3 is 10.1 Å². The van der Waals surface area contributed by atoms with Gasteiger partial charge in [-0.1, -0.05) is 0 Å². The van der Waals surface area contributed by atoms with Crippen molar-refractivity contribution in [1.82, 2.24) is 10.2 Å². The van der Waals surface area contributed by atoms with Gasteiger partial charge >= 0.3 is 0 Å². The van der Waals surface area contributed by atoms with E-state index < -0.39 is 0 Å². The van der Waals surface area contributed by atoms with Gasteiger partial charge in [0.1, 0.15) is 0 Å². The molecule has 2 aliphatic rings. The number of morpholine rings is 1. The van der Waals surface area contributed by atoms with E-state index in [1.165, 1.54) is 12.8 Å². The number of hydrogen-bond donors (Lipinski definition) is 2. The molecule has 1 aromatic rings. The highest BCUT2D eigenvalue weighted by molar-refractivity contribution is 9.10. The summed E-state index contributed by atoms with van der Waals surface area (Å²) in [6, 6.07) is 6.04. The van der Waals surface area contributed by atoms with E-state index in [4.69, 9.17) is 4.74 Å². The molecule has 0 bridgehead atoms. The Morgan fingerprint density at radius 1 is 1.52 bits per heavy atom. The summed E-state index contributed by atoms with van der Waals surface area (Å²) in [6.45, 7) is 3.41. The molecule has 2 heterocycles. The molecule has 1 amide bonds. The Hall–Kier alpha value is -0.560. The number of carbonyl (C=O) groups excluding carboxylic acids is 1. The number of ether oxygens (including phenoxy) is 1. The van der Waals surface area contributed by atoms with Crippen LogP contribution in [0.3, 0.4) is 0 Å². The summed E-state index contributed by atoms with van der Waals surface area (Å²) >= 11 is 7.67. The quantitative estimate of drug-likeness (QED) is 0.802. The van der Waals surface area contributed by atoms with Crippen molar-refractivity contribution in [2.24, 2.45) is 0 Å². The molecule has 2 saturated heterocycles. The zero-order chi connectivity index (χ0) is 14.8. The summed E-state index contributed by atoms with van der Waals surface area (Å²) in [5.41, 5.74) is 0.609. The summed E-state index contributed by atoms with van der Waals surface area (Å²) in [5.74, 6) is -0.0927. The molecule has 3 rings (SSSR count). The van der Waals surface area contributed by atoms with Gasteiger partial charge in [-0.2, -0.15) is 0 Å². The van der Waals surface area contributed by atoms with Crippen LogP contribution < -0.4 is 5.32 Å². The molecule has 0 aliphatic carbocycles. The van der Waals surface area contributed by atoms with E-state index in [1.54, 1.807) is 6.07 Å². The minimum atomic E-state index is -0.0927. The molecule has 114 valence electrons. The predicted molar refractivity (Wildman–Crippen MR) is 88.1 cm³/mol. The van der Waals surface area contributed by atoms with Gasteiger partial charge in [-0.05, 0) is 53.5 Å². The highest BCUT2D eigenvalue weighted by atomic mass is 79.9. The van der Waals surface area contributed by atoms with E-state index in [0.29, 0.717) is 18.2 Å². The molecule has 2 aliphatic heterocycles. The van der Waals surface area contributed by atoms with Crippen molar-refractivity contribution in [3.8, 4) is 0 Å². The van der Waals surface area contributed by atoms with Crippen LogP contribution in [0.5, 0.6) is 0 Å². The van der Waals surface area contributed by atoms with Crippen molar-refractivity contribution in [2.75, 3.05) is 26.2 Å². The van der Waals surface area contributed by atoms with Crippen molar-refractivity contribution in [2.45, 2.75) is 29.9 Å². The largest absolute Gasteiger partial charge is 0.373 e. The van der Waals surface area contributed by atoms with Crippen molar-refractivity contribution in [3.63, 3.8) is 0 Å². The summed E-state index contributed by atoms with van der Waals surface area (Å²) in [5, 5.41) is 2.96. The maximum Gasteiger partial charge on any atom is 0.252 e. The average molecular weight is 371 g/mol. The predicted octanol–water partition coefficient (Wildman–Crippen LogP) is 2.33. The number of nitrogens with zero attached hydrogens (tertiary/aromatic N) is 1. The number of amides is 1. The maximum absolute atomic E-state index is 12.2. The molecule has 1 N–H and O–H groups in total. The number of carbonyl (C=O) groups is 1. The van der Waals surface area contributed by atoms with Crippen molar-refractivity contribution >= 4 is 34.5 Å². The third-order valence-corrected chi connectivity index (χ3v) is 5.12. The second-order valence-electron chi connectivity index (χ2n) is 5.62. The fourth-order valence-corrected chi connectivity index (χ4v) is 3.63. The van der Waals surface area contributed by atoms with Gasteiger partial charge in [0.25, 0.3) is 5.91 Å². The lowest BCUT2D eigenvalue weighted by atomic mass is 10.1. The molecule has 0 aromatic heterocycles. The van der Waals surface area contributed by atoms with Crippen LogP contribution in [0, 0.1) is 0 Å². The van der Waals surface area contributed by atoms with Gasteiger partial charge in [0.2, 0.25) is 0 Å². The number of nitrogens with one attached hydrogen (secondary N) is 1. The smallest absolute Gasteiger partial charge is 0.252 e. The molecule has 0 spiro atoms. The van der Waals surface area contributed by atoms with E-state index in [2.05, 4.69) is 38.8 Å². The van der Waals surface area contributed by atoms with Crippen molar-refractivity contribution in [1.29, 1.82) is 0 Å². The number of thiol groups is 1. The molecule has 2 fully saturated rings. The van der Waals surface area contributed by atoms with Crippen molar-refractivity contribution < 1.29 is 9.53 Å². The number of hydrogen-bond acceptors (Lipinski definition) is 4. The first-order valence-electron chi connectivity index (χ1n) is 7.26. The van der Waals surface area contributed by atoms with E-state index in [9.17, 15) is 4.79 Å². The maximum atomic E-state index is 12.2. The summed E-state index contributed by atoms with van der Waals surface area (Å²) < 4.78 is 6.63. The zero-order valence-corrected chi connectivity index (χ0v) is 14.2. The summed E-state index contributed by atoms with van der Waals surface area (Å²) in [7, 11) is 0. The molecule has 0 saturated carbocycles. The zero-order valence-electron chi connectivity index (χ0n) is 11.7. The molecule has 6 heteroatoms. The topological polar surface area (TPSA) is 41.6 Å². The minimum absolute atomic E-state index is 0.0845. The minimum Gasteiger partial charge on any atom is -0.373 e. The second-order valence-corrected chi connectivity index (χ2v) is 6.99. The van der Waals surface area contributed by atoms with Gasteiger partial charge in [0, 0.05) is 28.5 Å². The van der Waals surface area contributed by atoms with E-state index >= 15 is 0 Å². The SMILES string of the molecule is O=C(NCC1CN2CCCC2CO1)c1cc(S)ccc1Br. The Balaban J connectivity index is 1.55. The van der Waals surface area contributed by atoms with Gasteiger partial charge in [0.05, 0.1) is 18.3 Å². The molecular formula is C15H19BrN2O2S. The monoisotopic (exact) mass is 370 g/mol. The van der Waals surface area contributed by atoms with E-state index in [0.717, 1.165) is 29.1 Å². The Kier molecular flexibility index (Phi) is 4.88. The Morgan fingerprint density at radius 3 is 3.24 bits per heavy atom. The molecule has 2 unspecified atom stereocenters. The van der Waals surface area contributed by atoms with Gasteiger partial charge in [0.15, 0.2) is 0 Å². The van der Waals surface area contributed by atoms with Crippen LogP contribution in [0.15, 0.2) is 27.6 Å². The lowest BCUT2D eigenvalue weighted by Crippen LogP contribution is -2.50. The molecule has 4 nitrogen and oxygen atoms in total. The Bertz CT molecular complexity index is 540. The number of rotatable bonds is 3. The van der Waals surface area contributed by atoms with Crippen molar-refractivity contribution in [3.05, 3.63) is 28.2 Å². The highest BCUT2D eigenvalue weighted by Crippen LogP contribution is 2.23. The molecular weight excluding hydrogens is 352 g/mol. The Morgan fingerprint density at radius 2 is 2.38 bits per heavy atom. The van der Waals surface area contributed by atoms with Crippen LogP contribution in [-0.2, 0) is 4.74 Å². The lowest BCUT2D eigenvalue weighted by Gasteiger charge is -2.35. The van der Waals surface area contributed by atoms with Crippen LogP contribution in [0.1, 0.15) is 23.2 Å². The van der Waals surface area contributed by atoms with Gasteiger partial charge in [-0.15, -0.1) is 12.6 Å². The summed E-state index contributed by atoms with van der Waals surface area (Å²) in [4.78, 5) is 15.5. The van der Waals surface area contributed by atoms with E-state index in [-0.39, 0.29) is 12.0 Å².